The third-order valence-corrected chi connectivity index (χ3v) is 4.88. The van der Waals surface area contributed by atoms with Crippen molar-refractivity contribution >= 4 is 30.1 Å². The van der Waals surface area contributed by atoms with Gasteiger partial charge in [-0.2, -0.15) is 0 Å². The molecule has 0 spiro atoms. The molecule has 23 heavy (non-hydrogen) atoms. The van der Waals surface area contributed by atoms with Gasteiger partial charge >= 0.3 is 0 Å². The largest absolute Gasteiger partial charge is 0.459 e. The van der Waals surface area contributed by atoms with Gasteiger partial charge in [0, 0.05) is 28.8 Å². The second kappa shape index (κ2) is 8.43. The molecular weight excluding hydrogens is 332 g/mol. The Kier molecular flexibility index (Phi) is 6.57. The summed E-state index contributed by atoms with van der Waals surface area (Å²) in [5, 5.41) is 2.88. The van der Waals surface area contributed by atoms with E-state index in [2.05, 4.69) is 17.4 Å². The van der Waals surface area contributed by atoms with Crippen LogP contribution in [-0.2, 0) is 5.75 Å². The molecule has 0 bridgehead atoms. The molecule has 124 valence electrons. The molecule has 0 radical (unpaired) electrons. The van der Waals surface area contributed by atoms with Crippen molar-refractivity contribution in [2.24, 2.45) is 11.7 Å². The highest BCUT2D eigenvalue weighted by molar-refractivity contribution is 7.98. The van der Waals surface area contributed by atoms with Crippen molar-refractivity contribution in [3.8, 4) is 0 Å². The highest BCUT2D eigenvalue weighted by Gasteiger charge is 2.29. The summed E-state index contributed by atoms with van der Waals surface area (Å²) in [7, 11) is 0. The minimum atomic E-state index is -0.176. The Labute approximate surface area is 146 Å². The van der Waals surface area contributed by atoms with Crippen LogP contribution < -0.4 is 11.1 Å². The number of halogens is 1. The van der Waals surface area contributed by atoms with Crippen LogP contribution in [0.15, 0.2) is 52.0 Å². The molecule has 1 unspecified atom stereocenters. The molecule has 1 saturated carbocycles. The number of carbonyl (C=O) groups excluding carboxylic acids is 1. The summed E-state index contributed by atoms with van der Waals surface area (Å²) in [6, 6.07) is 12.0. The van der Waals surface area contributed by atoms with E-state index >= 15 is 0 Å². The molecule has 1 fully saturated rings. The molecule has 3 N–H and O–H groups in total. The van der Waals surface area contributed by atoms with Crippen molar-refractivity contribution in [2.75, 3.05) is 6.54 Å². The van der Waals surface area contributed by atoms with Gasteiger partial charge in [0.1, 0.15) is 0 Å². The highest BCUT2D eigenvalue weighted by atomic mass is 35.5. The lowest BCUT2D eigenvalue weighted by Crippen LogP contribution is -2.38. The number of nitrogens with two attached hydrogens (primary N) is 1. The van der Waals surface area contributed by atoms with Crippen molar-refractivity contribution < 1.29 is 9.21 Å². The molecule has 1 aromatic carbocycles. The number of hydrogen-bond acceptors (Lipinski definition) is 4. The summed E-state index contributed by atoms with van der Waals surface area (Å²) in [5.41, 5.74) is 6.91. The summed E-state index contributed by atoms with van der Waals surface area (Å²) in [6.45, 7) is 0.509. The average Bonchev–Trinajstić information content (AvgIpc) is 3.30. The molecule has 1 heterocycles. The molecule has 6 heteroatoms. The lowest BCUT2D eigenvalue weighted by Gasteiger charge is -2.11. The Hall–Kier alpha value is -1.43. The summed E-state index contributed by atoms with van der Waals surface area (Å²) >= 11 is 1.68. The SMILES string of the molecule is Cl.NC(CNC(=O)c1occc1CSc1ccccc1)C1CC1. The van der Waals surface area contributed by atoms with Crippen molar-refractivity contribution in [1.29, 1.82) is 0 Å². The van der Waals surface area contributed by atoms with Crippen LogP contribution in [0.3, 0.4) is 0 Å². The van der Waals surface area contributed by atoms with Crippen LogP contribution in [0.2, 0.25) is 0 Å². The summed E-state index contributed by atoms with van der Waals surface area (Å²) in [4.78, 5) is 13.4. The van der Waals surface area contributed by atoms with Crippen LogP contribution in [0.4, 0.5) is 0 Å². The Balaban J connectivity index is 0.00000192. The Bertz CT molecular complexity index is 629. The standard InChI is InChI=1S/C17H20N2O2S.ClH/c18-15(12-6-7-12)10-19-17(20)16-13(8-9-21-16)11-22-14-4-2-1-3-5-14;/h1-5,8-9,12,15H,6-7,10-11,18H2,(H,19,20);1H. The number of rotatable bonds is 7. The fraction of sp³-hybridized carbons (Fsp3) is 0.353. The van der Waals surface area contributed by atoms with E-state index in [0.717, 1.165) is 5.56 Å². The fourth-order valence-corrected chi connectivity index (χ4v) is 3.21. The first-order valence-corrected chi connectivity index (χ1v) is 8.50. The van der Waals surface area contributed by atoms with Gasteiger partial charge in [0.2, 0.25) is 0 Å². The lowest BCUT2D eigenvalue weighted by atomic mass is 10.2. The van der Waals surface area contributed by atoms with Crippen LogP contribution in [0.1, 0.15) is 29.0 Å². The highest BCUT2D eigenvalue weighted by Crippen LogP contribution is 2.31. The van der Waals surface area contributed by atoms with E-state index in [9.17, 15) is 4.79 Å². The van der Waals surface area contributed by atoms with E-state index < -0.39 is 0 Å². The molecule has 4 nitrogen and oxygen atoms in total. The van der Waals surface area contributed by atoms with Crippen molar-refractivity contribution in [3.05, 3.63) is 54.0 Å². The van der Waals surface area contributed by atoms with E-state index in [0.29, 0.717) is 24.0 Å². The molecule has 1 aliphatic carbocycles. The zero-order chi connectivity index (χ0) is 15.4. The van der Waals surface area contributed by atoms with Crippen molar-refractivity contribution in [2.45, 2.75) is 29.5 Å². The third kappa shape index (κ3) is 5.03. The van der Waals surface area contributed by atoms with Gasteiger partial charge < -0.3 is 15.5 Å². The minimum Gasteiger partial charge on any atom is -0.459 e. The molecule has 1 aromatic heterocycles. The zero-order valence-corrected chi connectivity index (χ0v) is 14.4. The summed E-state index contributed by atoms with van der Waals surface area (Å²) in [5.74, 6) is 1.50. The van der Waals surface area contributed by atoms with Gasteiger partial charge in [0.05, 0.1) is 6.26 Å². The normalized spacial score (nSPS) is 14.8. The predicted octanol–water partition coefficient (Wildman–Crippen LogP) is 3.46. The molecular formula is C17H21ClN2O2S. The maximum absolute atomic E-state index is 12.2. The van der Waals surface area contributed by atoms with Gasteiger partial charge in [-0.25, -0.2) is 0 Å². The molecule has 3 rings (SSSR count). The second-order valence-electron chi connectivity index (χ2n) is 5.59. The summed E-state index contributed by atoms with van der Waals surface area (Å²) < 4.78 is 5.36. The van der Waals surface area contributed by atoms with Gasteiger partial charge in [-0.15, -0.1) is 24.2 Å². The fourth-order valence-electron chi connectivity index (χ4n) is 2.31. The number of thioether (sulfide) groups is 1. The van der Waals surface area contributed by atoms with E-state index in [-0.39, 0.29) is 24.4 Å². The number of amides is 1. The molecule has 0 aliphatic heterocycles. The lowest BCUT2D eigenvalue weighted by molar-refractivity contribution is 0.0921. The molecule has 2 aromatic rings. The Morgan fingerprint density at radius 3 is 2.74 bits per heavy atom. The van der Waals surface area contributed by atoms with Crippen LogP contribution in [0.25, 0.3) is 0 Å². The van der Waals surface area contributed by atoms with Crippen molar-refractivity contribution in [3.63, 3.8) is 0 Å². The minimum absolute atomic E-state index is 0. The van der Waals surface area contributed by atoms with Gasteiger partial charge in [-0.3, -0.25) is 4.79 Å². The van der Waals surface area contributed by atoms with Crippen LogP contribution in [0.5, 0.6) is 0 Å². The first kappa shape index (κ1) is 17.9. The van der Waals surface area contributed by atoms with Gasteiger partial charge in [0.15, 0.2) is 5.76 Å². The number of furan rings is 1. The quantitative estimate of drug-likeness (QED) is 0.749. The monoisotopic (exact) mass is 352 g/mol. The number of nitrogens with one attached hydrogen (secondary N) is 1. The topological polar surface area (TPSA) is 68.3 Å². The second-order valence-corrected chi connectivity index (χ2v) is 6.64. The predicted molar refractivity (Wildman–Crippen MR) is 95.0 cm³/mol. The smallest absolute Gasteiger partial charge is 0.287 e. The van der Waals surface area contributed by atoms with E-state index in [1.165, 1.54) is 17.7 Å². The maximum Gasteiger partial charge on any atom is 0.287 e. The van der Waals surface area contributed by atoms with Gasteiger partial charge in [-0.05, 0) is 37.0 Å². The molecule has 1 aliphatic rings. The first-order valence-electron chi connectivity index (χ1n) is 7.52. The maximum atomic E-state index is 12.2. The number of hydrogen-bond donors (Lipinski definition) is 2. The molecule has 0 saturated heterocycles. The van der Waals surface area contributed by atoms with Crippen LogP contribution in [0, 0.1) is 5.92 Å². The number of carbonyl (C=O) groups is 1. The summed E-state index contributed by atoms with van der Waals surface area (Å²) in [6.07, 6.45) is 3.92. The van der Waals surface area contributed by atoms with Crippen LogP contribution >= 0.6 is 24.2 Å². The first-order chi connectivity index (χ1) is 10.7. The Morgan fingerprint density at radius 1 is 1.30 bits per heavy atom. The van der Waals surface area contributed by atoms with Gasteiger partial charge in [-0.1, -0.05) is 18.2 Å². The zero-order valence-electron chi connectivity index (χ0n) is 12.7. The van der Waals surface area contributed by atoms with Crippen molar-refractivity contribution in [1.82, 2.24) is 5.32 Å². The molecule has 1 atom stereocenters. The Morgan fingerprint density at radius 2 is 2.04 bits per heavy atom. The average molecular weight is 353 g/mol. The molecule has 1 amide bonds. The van der Waals surface area contributed by atoms with Gasteiger partial charge in [0.25, 0.3) is 5.91 Å². The van der Waals surface area contributed by atoms with E-state index in [1.54, 1.807) is 18.0 Å². The van der Waals surface area contributed by atoms with Crippen LogP contribution in [-0.4, -0.2) is 18.5 Å². The third-order valence-electron chi connectivity index (χ3n) is 3.82. The van der Waals surface area contributed by atoms with E-state index in [4.69, 9.17) is 10.2 Å². The van der Waals surface area contributed by atoms with E-state index in [1.807, 2.05) is 24.3 Å². The number of benzene rings is 1.